The second kappa shape index (κ2) is 5.07. The molecule has 0 atom stereocenters. The molecule has 2 saturated heterocycles. The topological polar surface area (TPSA) is 41.6 Å². The molecule has 2 rings (SSSR count). The van der Waals surface area contributed by atoms with Crippen molar-refractivity contribution < 1.29 is 14.6 Å². The maximum absolute atomic E-state index is 10.7. The van der Waals surface area contributed by atoms with Crippen molar-refractivity contribution >= 4 is 0 Å². The summed E-state index contributed by atoms with van der Waals surface area (Å²) < 4.78 is 10.8. The minimum atomic E-state index is -0.0289. The van der Waals surface area contributed by atoms with E-state index >= 15 is 0 Å². The number of hydrogen-bond donors (Lipinski definition) is 0. The fourth-order valence-corrected chi connectivity index (χ4v) is 2.06. The van der Waals surface area contributed by atoms with Crippen LogP contribution >= 0.6 is 0 Å². The van der Waals surface area contributed by atoms with Crippen LogP contribution in [0.5, 0.6) is 0 Å². The average Bonchev–Trinajstić information content (AvgIpc) is 2.72. The first-order valence-corrected chi connectivity index (χ1v) is 5.42. The molecule has 0 N–H and O–H groups in total. The van der Waals surface area contributed by atoms with E-state index in [1.165, 1.54) is 0 Å². The lowest BCUT2D eigenvalue weighted by atomic mass is 9.98. The van der Waals surface area contributed by atoms with Gasteiger partial charge in [-0.2, -0.15) is 0 Å². The van der Waals surface area contributed by atoms with E-state index in [1.807, 2.05) is 0 Å². The first-order valence-electron chi connectivity index (χ1n) is 5.42. The summed E-state index contributed by atoms with van der Waals surface area (Å²) in [6.07, 6.45) is 2.05. The molecule has 0 amide bonds. The third kappa shape index (κ3) is 2.67. The molecule has 0 aromatic heterocycles. The number of hydrogen-bond acceptors (Lipinski definition) is 3. The molecule has 0 aromatic rings. The van der Waals surface area contributed by atoms with Crippen LogP contribution in [0, 0.1) is 5.92 Å². The van der Waals surface area contributed by atoms with Gasteiger partial charge in [0.1, 0.15) is 0 Å². The Balaban J connectivity index is 1.67. The van der Waals surface area contributed by atoms with Gasteiger partial charge in [-0.3, -0.25) is 4.90 Å². The van der Waals surface area contributed by atoms with Gasteiger partial charge < -0.3 is 9.47 Å². The van der Waals surface area contributed by atoms with E-state index in [0.29, 0.717) is 5.92 Å². The third-order valence-electron chi connectivity index (χ3n) is 3.04. The molecule has 2 heterocycles. The number of piperidine rings is 1. The van der Waals surface area contributed by atoms with Crippen LogP contribution in [0.25, 0.3) is 0 Å². The highest BCUT2D eigenvalue weighted by Crippen LogP contribution is 2.17. The van der Waals surface area contributed by atoms with Gasteiger partial charge in [0.25, 0.3) is 0 Å². The Kier molecular flexibility index (Phi) is 3.75. The molecule has 0 saturated carbocycles. The molecule has 2 aliphatic heterocycles. The highest BCUT2D eigenvalue weighted by atomic mass is 16.7. The zero-order valence-corrected chi connectivity index (χ0v) is 8.48. The molecule has 2 fully saturated rings. The normalized spacial score (nSPS) is 27.2. The largest absolute Gasteiger partial charge is 0.349 e. The Bertz CT molecular complexity index is 163. The molecular formula is C10H18NO3. The quantitative estimate of drug-likeness (QED) is 0.666. The number of rotatable bonds is 3. The van der Waals surface area contributed by atoms with Gasteiger partial charge in [0, 0.05) is 6.54 Å². The Hall–Kier alpha value is -0.160. The summed E-state index contributed by atoms with van der Waals surface area (Å²) in [7, 11) is 0. The predicted octanol–water partition coefficient (Wildman–Crippen LogP) is 0.502. The van der Waals surface area contributed by atoms with Crippen molar-refractivity contribution in [3.8, 4) is 0 Å². The molecule has 4 nitrogen and oxygen atoms in total. The Labute approximate surface area is 84.8 Å². The fourth-order valence-electron chi connectivity index (χ4n) is 2.06. The molecule has 2 aliphatic rings. The van der Waals surface area contributed by atoms with E-state index in [2.05, 4.69) is 4.90 Å². The van der Waals surface area contributed by atoms with Crippen LogP contribution in [0.1, 0.15) is 12.8 Å². The van der Waals surface area contributed by atoms with Gasteiger partial charge in [-0.1, -0.05) is 0 Å². The summed E-state index contributed by atoms with van der Waals surface area (Å²) in [5, 5.41) is 10.7. The number of nitrogens with zero attached hydrogens (tertiary/aromatic N) is 1. The highest BCUT2D eigenvalue weighted by Gasteiger charge is 2.23. The van der Waals surface area contributed by atoms with Crippen molar-refractivity contribution in [2.45, 2.75) is 19.1 Å². The maximum atomic E-state index is 10.7. The summed E-state index contributed by atoms with van der Waals surface area (Å²) in [6, 6.07) is 0. The molecule has 4 heteroatoms. The summed E-state index contributed by atoms with van der Waals surface area (Å²) >= 11 is 0. The molecule has 81 valence electrons. The van der Waals surface area contributed by atoms with Crippen molar-refractivity contribution in [1.82, 2.24) is 4.90 Å². The smallest absolute Gasteiger partial charge is 0.170 e. The number of likely N-dealkylation sites (tertiary alicyclic amines) is 1. The fraction of sp³-hybridized carbons (Fsp3) is 1.00. The van der Waals surface area contributed by atoms with Crippen LogP contribution in [0.15, 0.2) is 0 Å². The van der Waals surface area contributed by atoms with Crippen molar-refractivity contribution in [3.63, 3.8) is 0 Å². The summed E-state index contributed by atoms with van der Waals surface area (Å²) in [5.74, 6) is 0.400. The van der Waals surface area contributed by atoms with Gasteiger partial charge >= 0.3 is 0 Å². The Morgan fingerprint density at radius 3 is 2.36 bits per heavy atom. The predicted molar refractivity (Wildman–Crippen MR) is 50.4 cm³/mol. The van der Waals surface area contributed by atoms with Crippen molar-refractivity contribution in [1.29, 1.82) is 0 Å². The molecule has 0 bridgehead atoms. The number of ether oxygens (including phenoxy) is 2. The molecular weight excluding hydrogens is 182 g/mol. The van der Waals surface area contributed by atoms with Crippen LogP contribution in [0.4, 0.5) is 0 Å². The minimum absolute atomic E-state index is 0.0289. The summed E-state index contributed by atoms with van der Waals surface area (Å²) in [4.78, 5) is 2.34. The molecule has 0 spiro atoms. The first kappa shape index (κ1) is 10.4. The van der Waals surface area contributed by atoms with Crippen molar-refractivity contribution in [2.75, 3.05) is 39.5 Å². The van der Waals surface area contributed by atoms with Gasteiger partial charge in [0.15, 0.2) is 6.29 Å². The van der Waals surface area contributed by atoms with Gasteiger partial charge in [-0.25, -0.2) is 5.11 Å². The van der Waals surface area contributed by atoms with Gasteiger partial charge in [0.2, 0.25) is 0 Å². The van der Waals surface area contributed by atoms with Gasteiger partial charge in [0.05, 0.1) is 19.8 Å². The van der Waals surface area contributed by atoms with E-state index in [0.717, 1.165) is 45.7 Å². The third-order valence-corrected chi connectivity index (χ3v) is 3.04. The Morgan fingerprint density at radius 1 is 1.14 bits per heavy atom. The van der Waals surface area contributed by atoms with Crippen molar-refractivity contribution in [3.05, 3.63) is 0 Å². The van der Waals surface area contributed by atoms with Crippen molar-refractivity contribution in [2.24, 2.45) is 5.92 Å². The lowest BCUT2D eigenvalue weighted by molar-refractivity contribution is -0.0674. The van der Waals surface area contributed by atoms with Crippen LogP contribution in [0.2, 0.25) is 0 Å². The molecule has 0 aromatic carbocycles. The van der Waals surface area contributed by atoms with Gasteiger partial charge in [-0.15, -0.1) is 0 Å². The minimum Gasteiger partial charge on any atom is -0.349 e. The second-order valence-electron chi connectivity index (χ2n) is 4.08. The monoisotopic (exact) mass is 200 g/mol. The first-order chi connectivity index (χ1) is 6.88. The second-order valence-corrected chi connectivity index (χ2v) is 4.08. The molecule has 14 heavy (non-hydrogen) atoms. The van der Waals surface area contributed by atoms with Crippen LogP contribution in [-0.2, 0) is 14.6 Å². The highest BCUT2D eigenvalue weighted by molar-refractivity contribution is 4.72. The zero-order valence-electron chi connectivity index (χ0n) is 8.48. The molecule has 0 unspecified atom stereocenters. The van der Waals surface area contributed by atoms with E-state index in [-0.39, 0.29) is 12.9 Å². The molecule has 1 radical (unpaired) electrons. The summed E-state index contributed by atoms with van der Waals surface area (Å²) in [6.45, 7) is 4.45. The van der Waals surface area contributed by atoms with E-state index < -0.39 is 0 Å². The average molecular weight is 200 g/mol. The van der Waals surface area contributed by atoms with E-state index in [4.69, 9.17) is 9.47 Å². The van der Waals surface area contributed by atoms with E-state index in [1.54, 1.807) is 0 Å². The lowest BCUT2D eigenvalue weighted by Crippen LogP contribution is -2.39. The van der Waals surface area contributed by atoms with E-state index in [9.17, 15) is 5.11 Å². The Morgan fingerprint density at radius 2 is 1.79 bits per heavy atom. The SMILES string of the molecule is [O]CC1CCN(CC2OCCO2)CC1. The van der Waals surface area contributed by atoms with Gasteiger partial charge in [-0.05, 0) is 31.8 Å². The summed E-state index contributed by atoms with van der Waals surface area (Å²) in [5.41, 5.74) is 0. The van der Waals surface area contributed by atoms with Crippen LogP contribution in [0.3, 0.4) is 0 Å². The maximum Gasteiger partial charge on any atom is 0.170 e. The lowest BCUT2D eigenvalue weighted by Gasteiger charge is -2.31. The standard InChI is InChI=1S/C10H18NO3/c12-8-9-1-3-11(4-2-9)7-10-13-5-6-14-10/h9-10H,1-8H2. The molecule has 0 aliphatic carbocycles. The zero-order chi connectivity index (χ0) is 9.80. The van der Waals surface area contributed by atoms with Crippen LogP contribution < -0.4 is 0 Å². The van der Waals surface area contributed by atoms with Crippen LogP contribution in [-0.4, -0.2) is 50.6 Å².